The fourth-order valence-electron chi connectivity index (χ4n) is 3.36. The van der Waals surface area contributed by atoms with E-state index in [2.05, 4.69) is 15.3 Å². The Morgan fingerprint density at radius 1 is 1.17 bits per heavy atom. The Labute approximate surface area is 170 Å². The van der Waals surface area contributed by atoms with Crippen LogP contribution in [-0.2, 0) is 17.8 Å². The molecule has 0 saturated carbocycles. The number of benzene rings is 1. The number of carbonyl (C=O) groups is 1. The number of hydrogen-bond donors (Lipinski definition) is 1. The van der Waals surface area contributed by atoms with E-state index in [0.717, 1.165) is 16.8 Å². The van der Waals surface area contributed by atoms with Crippen molar-refractivity contribution in [3.8, 4) is 11.1 Å². The lowest BCUT2D eigenvalue weighted by Gasteiger charge is -2.06. The van der Waals surface area contributed by atoms with Crippen molar-refractivity contribution in [1.82, 2.24) is 24.4 Å². The summed E-state index contributed by atoms with van der Waals surface area (Å²) in [6.07, 6.45) is 2.69. The van der Waals surface area contributed by atoms with Crippen LogP contribution in [-0.4, -0.2) is 35.5 Å². The molecule has 3 heterocycles. The van der Waals surface area contributed by atoms with Crippen LogP contribution < -0.4 is 5.56 Å². The molecule has 0 aliphatic carbocycles. The average Bonchev–Trinajstić information content (AvgIpc) is 3.09. The number of carboxylic acid groups (broad SMARTS) is 1. The quantitative estimate of drug-likeness (QED) is 0.522. The lowest BCUT2D eigenvalue weighted by Crippen LogP contribution is -2.22. The highest BCUT2D eigenvalue weighted by atomic mass is 35.5. The molecule has 1 aromatic carbocycles. The molecule has 8 nitrogen and oxygen atoms in total. The van der Waals surface area contributed by atoms with Gasteiger partial charge >= 0.3 is 5.97 Å². The molecule has 9 heteroatoms. The summed E-state index contributed by atoms with van der Waals surface area (Å²) in [5, 5.41) is 22.6. The van der Waals surface area contributed by atoms with Gasteiger partial charge in [0.15, 0.2) is 11.2 Å². The third kappa shape index (κ3) is 3.47. The summed E-state index contributed by atoms with van der Waals surface area (Å²) in [6.45, 7) is 2.31. The molecule has 0 radical (unpaired) electrons. The molecule has 0 spiro atoms. The van der Waals surface area contributed by atoms with Crippen LogP contribution in [0.15, 0.2) is 41.3 Å². The Hall–Kier alpha value is -3.26. The zero-order chi connectivity index (χ0) is 20.5. The maximum atomic E-state index is 12.8. The first-order chi connectivity index (χ1) is 14.0. The van der Waals surface area contributed by atoms with E-state index in [1.54, 1.807) is 16.8 Å². The first kappa shape index (κ1) is 19.1. The molecule has 0 fully saturated rings. The molecule has 148 valence electrons. The van der Waals surface area contributed by atoms with E-state index in [4.69, 9.17) is 16.7 Å². The number of rotatable bonds is 6. The highest BCUT2D eigenvalue weighted by Gasteiger charge is 2.18. The van der Waals surface area contributed by atoms with Gasteiger partial charge in [0.25, 0.3) is 5.56 Å². The minimum Gasteiger partial charge on any atom is -0.481 e. The Morgan fingerprint density at radius 3 is 2.62 bits per heavy atom. The summed E-state index contributed by atoms with van der Waals surface area (Å²) in [4.78, 5) is 23.5. The van der Waals surface area contributed by atoms with Gasteiger partial charge in [-0.05, 0) is 36.6 Å². The fourth-order valence-corrected chi connectivity index (χ4v) is 3.49. The molecule has 0 amide bonds. The number of aliphatic carboxylic acids is 1. The van der Waals surface area contributed by atoms with Gasteiger partial charge in [0.2, 0.25) is 0 Å². The monoisotopic (exact) mass is 411 g/mol. The summed E-state index contributed by atoms with van der Waals surface area (Å²) in [5.41, 5.74) is 3.65. The predicted octanol–water partition coefficient (Wildman–Crippen LogP) is 3.19. The van der Waals surface area contributed by atoms with Gasteiger partial charge in [-0.2, -0.15) is 5.10 Å². The summed E-state index contributed by atoms with van der Waals surface area (Å²) in [7, 11) is 0. The molecule has 0 unspecified atom stereocenters. The van der Waals surface area contributed by atoms with Gasteiger partial charge in [0.05, 0.1) is 11.3 Å². The van der Waals surface area contributed by atoms with Crippen LogP contribution in [0, 0.1) is 0 Å². The van der Waals surface area contributed by atoms with Crippen molar-refractivity contribution in [2.45, 2.75) is 32.7 Å². The molecular formula is C20H18ClN5O3. The first-order valence-electron chi connectivity index (χ1n) is 9.24. The molecule has 3 aromatic heterocycles. The van der Waals surface area contributed by atoms with Crippen LogP contribution in [0.3, 0.4) is 0 Å². The smallest absolute Gasteiger partial charge is 0.303 e. The van der Waals surface area contributed by atoms with E-state index >= 15 is 0 Å². The van der Waals surface area contributed by atoms with Crippen LogP contribution in [0.2, 0.25) is 5.02 Å². The summed E-state index contributed by atoms with van der Waals surface area (Å²) >= 11 is 6.01. The Bertz CT molecular complexity index is 1280. The van der Waals surface area contributed by atoms with Gasteiger partial charge < -0.3 is 9.67 Å². The van der Waals surface area contributed by atoms with Gasteiger partial charge in [0.1, 0.15) is 5.52 Å². The van der Waals surface area contributed by atoms with Gasteiger partial charge in [-0.3, -0.25) is 9.59 Å². The van der Waals surface area contributed by atoms with Crippen molar-refractivity contribution in [2.24, 2.45) is 0 Å². The number of aryl methyl sites for hydroxylation is 2. The zero-order valence-electron chi connectivity index (χ0n) is 15.7. The van der Waals surface area contributed by atoms with Crippen LogP contribution in [0.5, 0.6) is 0 Å². The van der Waals surface area contributed by atoms with Gasteiger partial charge in [-0.25, -0.2) is 4.52 Å². The topological polar surface area (TPSA) is 102 Å². The summed E-state index contributed by atoms with van der Waals surface area (Å²) < 4.78 is 3.10. The highest BCUT2D eigenvalue weighted by Crippen LogP contribution is 2.29. The second kappa shape index (κ2) is 7.63. The molecule has 0 atom stereocenters. The minimum atomic E-state index is -0.890. The summed E-state index contributed by atoms with van der Waals surface area (Å²) in [6, 6.07) is 9.20. The molecule has 1 N–H and O–H groups in total. The minimum absolute atomic E-state index is 0.00133. The van der Waals surface area contributed by atoms with Crippen molar-refractivity contribution in [2.75, 3.05) is 0 Å². The highest BCUT2D eigenvalue weighted by molar-refractivity contribution is 6.30. The van der Waals surface area contributed by atoms with Crippen LogP contribution in [0.1, 0.15) is 25.5 Å². The third-order valence-corrected chi connectivity index (χ3v) is 5.03. The van der Waals surface area contributed by atoms with Crippen molar-refractivity contribution >= 4 is 34.3 Å². The Balaban J connectivity index is 1.86. The van der Waals surface area contributed by atoms with E-state index in [9.17, 15) is 9.59 Å². The Kier molecular flexibility index (Phi) is 5.02. The number of aromatic nitrogens is 5. The molecule has 4 aromatic rings. The molecule has 0 aliphatic rings. The molecule has 4 rings (SSSR count). The second-order valence-electron chi connectivity index (χ2n) is 6.66. The number of pyridine rings is 1. The van der Waals surface area contributed by atoms with Crippen LogP contribution >= 0.6 is 11.6 Å². The maximum absolute atomic E-state index is 12.8. The van der Waals surface area contributed by atoms with Crippen LogP contribution in [0.4, 0.5) is 0 Å². The van der Waals surface area contributed by atoms with Crippen molar-refractivity contribution < 1.29 is 9.90 Å². The molecule has 0 saturated heterocycles. The number of fused-ring (bicyclic) bond motifs is 3. The third-order valence-electron chi connectivity index (χ3n) is 4.78. The van der Waals surface area contributed by atoms with E-state index in [1.165, 1.54) is 4.57 Å². The van der Waals surface area contributed by atoms with Crippen molar-refractivity contribution in [3.05, 3.63) is 57.6 Å². The standard InChI is InChI=1S/C20H18ClN5O3/c1-2-14-17(12-5-7-13(21)8-6-12)19-23-22-18-15(26(19)24-14)9-11-25(20(18)29)10-3-4-16(27)28/h5-9,11H,2-4,10H2,1H3,(H,27,28). The van der Waals surface area contributed by atoms with Crippen molar-refractivity contribution in [3.63, 3.8) is 0 Å². The van der Waals surface area contributed by atoms with Crippen molar-refractivity contribution in [1.29, 1.82) is 0 Å². The van der Waals surface area contributed by atoms with Gasteiger partial charge in [-0.15, -0.1) is 10.2 Å². The normalized spacial score (nSPS) is 11.4. The first-order valence-corrected chi connectivity index (χ1v) is 9.62. The van der Waals surface area contributed by atoms with E-state index in [-0.39, 0.29) is 17.5 Å². The Morgan fingerprint density at radius 2 is 1.93 bits per heavy atom. The largest absolute Gasteiger partial charge is 0.481 e. The number of halogens is 1. The average molecular weight is 412 g/mol. The summed E-state index contributed by atoms with van der Waals surface area (Å²) in [5.74, 6) is -0.890. The van der Waals surface area contributed by atoms with Gasteiger partial charge in [0, 0.05) is 24.2 Å². The molecule has 29 heavy (non-hydrogen) atoms. The number of carboxylic acids is 1. The molecular weight excluding hydrogens is 394 g/mol. The van der Waals surface area contributed by atoms with Gasteiger partial charge in [-0.1, -0.05) is 30.7 Å². The maximum Gasteiger partial charge on any atom is 0.303 e. The SMILES string of the molecule is CCc1nn2c(nnc3c(=O)n(CCCC(=O)O)ccc32)c1-c1ccc(Cl)cc1. The number of hydrogen-bond acceptors (Lipinski definition) is 5. The lowest BCUT2D eigenvalue weighted by molar-refractivity contribution is -0.137. The van der Waals surface area contributed by atoms with E-state index in [1.807, 2.05) is 31.2 Å². The fraction of sp³-hybridized carbons (Fsp3) is 0.250. The molecule has 0 aliphatic heterocycles. The van der Waals surface area contributed by atoms with E-state index in [0.29, 0.717) is 35.6 Å². The number of nitrogens with zero attached hydrogens (tertiary/aromatic N) is 5. The predicted molar refractivity (Wildman–Crippen MR) is 109 cm³/mol. The zero-order valence-corrected chi connectivity index (χ0v) is 16.4. The molecule has 0 bridgehead atoms. The van der Waals surface area contributed by atoms with E-state index < -0.39 is 5.97 Å². The van der Waals surface area contributed by atoms with Crippen LogP contribution in [0.25, 0.3) is 27.8 Å². The lowest BCUT2D eigenvalue weighted by atomic mass is 10.0. The second-order valence-corrected chi connectivity index (χ2v) is 7.10.